The van der Waals surface area contributed by atoms with E-state index in [1.807, 2.05) is 30.3 Å². The molecule has 2 rings (SSSR count). The topological polar surface area (TPSA) is 56.7 Å². The molecule has 2 N–H and O–H groups in total. The van der Waals surface area contributed by atoms with Crippen LogP contribution in [0, 0.1) is 0 Å². The molecule has 72 valence electrons. The highest BCUT2D eigenvalue weighted by atomic mass is 15.5. The first-order chi connectivity index (χ1) is 6.86. The van der Waals surface area contributed by atoms with Crippen LogP contribution in [-0.2, 0) is 6.54 Å². The van der Waals surface area contributed by atoms with E-state index in [0.717, 1.165) is 5.56 Å². The van der Waals surface area contributed by atoms with E-state index >= 15 is 0 Å². The summed E-state index contributed by atoms with van der Waals surface area (Å²) < 4.78 is 0. The molecule has 0 amide bonds. The molecule has 1 unspecified atom stereocenters. The molecular weight excluding hydrogens is 176 g/mol. The lowest BCUT2D eigenvalue weighted by molar-refractivity contribution is 0.473. The summed E-state index contributed by atoms with van der Waals surface area (Å²) in [5.41, 5.74) is 7.09. The van der Waals surface area contributed by atoms with Gasteiger partial charge in [0.05, 0.1) is 25.0 Å². The molecule has 2 aromatic rings. The molecule has 1 atom stereocenters. The summed E-state index contributed by atoms with van der Waals surface area (Å²) in [7, 11) is 0. The second-order valence-electron chi connectivity index (χ2n) is 3.10. The Bertz CT molecular complexity index is 368. The van der Waals surface area contributed by atoms with Crippen LogP contribution < -0.4 is 5.73 Å². The maximum Gasteiger partial charge on any atom is 0.0800 e. The van der Waals surface area contributed by atoms with Crippen LogP contribution in [0.1, 0.15) is 11.6 Å². The summed E-state index contributed by atoms with van der Waals surface area (Å²) in [6.07, 6.45) is 3.30. The van der Waals surface area contributed by atoms with Gasteiger partial charge in [-0.3, -0.25) is 0 Å². The van der Waals surface area contributed by atoms with Gasteiger partial charge in [0.25, 0.3) is 0 Å². The molecule has 0 bridgehead atoms. The summed E-state index contributed by atoms with van der Waals surface area (Å²) in [5, 5.41) is 8.01. The molecule has 1 heterocycles. The van der Waals surface area contributed by atoms with Crippen LogP contribution in [0.3, 0.4) is 0 Å². The van der Waals surface area contributed by atoms with Gasteiger partial charge in [-0.05, 0) is 5.56 Å². The van der Waals surface area contributed by atoms with Crippen molar-refractivity contribution in [1.29, 1.82) is 0 Å². The van der Waals surface area contributed by atoms with Crippen molar-refractivity contribution in [3.05, 3.63) is 48.3 Å². The average molecular weight is 188 g/mol. The highest BCUT2D eigenvalue weighted by Crippen LogP contribution is 2.10. The molecule has 4 heteroatoms. The summed E-state index contributed by atoms with van der Waals surface area (Å²) in [5.74, 6) is 0. The van der Waals surface area contributed by atoms with E-state index in [-0.39, 0.29) is 6.04 Å². The predicted molar refractivity (Wildman–Crippen MR) is 53.4 cm³/mol. The first-order valence-corrected chi connectivity index (χ1v) is 4.51. The van der Waals surface area contributed by atoms with E-state index in [1.54, 1.807) is 17.2 Å². The van der Waals surface area contributed by atoms with Gasteiger partial charge in [-0.1, -0.05) is 30.3 Å². The Morgan fingerprint density at radius 2 is 1.79 bits per heavy atom. The van der Waals surface area contributed by atoms with Gasteiger partial charge in [-0.2, -0.15) is 15.0 Å². The minimum absolute atomic E-state index is 0.0522. The van der Waals surface area contributed by atoms with E-state index in [2.05, 4.69) is 10.2 Å². The molecule has 0 aliphatic rings. The summed E-state index contributed by atoms with van der Waals surface area (Å²) in [4.78, 5) is 1.59. The van der Waals surface area contributed by atoms with Crippen LogP contribution in [0.2, 0.25) is 0 Å². The van der Waals surface area contributed by atoms with Gasteiger partial charge >= 0.3 is 0 Å². The summed E-state index contributed by atoms with van der Waals surface area (Å²) in [6, 6.07) is 9.89. The number of nitrogens with zero attached hydrogens (tertiary/aromatic N) is 3. The van der Waals surface area contributed by atoms with E-state index < -0.39 is 0 Å². The predicted octanol–water partition coefficient (Wildman–Crippen LogP) is 0.978. The third-order valence-electron chi connectivity index (χ3n) is 2.05. The zero-order chi connectivity index (χ0) is 9.80. The zero-order valence-electron chi connectivity index (χ0n) is 7.74. The van der Waals surface area contributed by atoms with Crippen molar-refractivity contribution >= 4 is 0 Å². The Balaban J connectivity index is 2.07. The van der Waals surface area contributed by atoms with Gasteiger partial charge in [0.1, 0.15) is 0 Å². The minimum Gasteiger partial charge on any atom is -0.322 e. The van der Waals surface area contributed by atoms with E-state index in [9.17, 15) is 0 Å². The average Bonchev–Trinajstić information content (AvgIpc) is 2.72. The molecule has 4 nitrogen and oxygen atoms in total. The van der Waals surface area contributed by atoms with Gasteiger partial charge in [0, 0.05) is 0 Å². The van der Waals surface area contributed by atoms with Crippen molar-refractivity contribution < 1.29 is 0 Å². The lowest BCUT2D eigenvalue weighted by Crippen LogP contribution is -2.19. The number of hydrogen-bond acceptors (Lipinski definition) is 3. The van der Waals surface area contributed by atoms with E-state index in [4.69, 9.17) is 5.73 Å². The highest BCUT2D eigenvalue weighted by molar-refractivity contribution is 5.17. The molecule has 0 aliphatic heterocycles. The van der Waals surface area contributed by atoms with E-state index in [1.165, 1.54) is 0 Å². The fraction of sp³-hybridized carbons (Fsp3) is 0.200. The largest absolute Gasteiger partial charge is 0.322 e. The molecular formula is C10H12N4. The van der Waals surface area contributed by atoms with Crippen molar-refractivity contribution in [3.63, 3.8) is 0 Å². The first kappa shape index (κ1) is 8.90. The smallest absolute Gasteiger partial charge is 0.0800 e. The molecule has 0 spiro atoms. The van der Waals surface area contributed by atoms with Crippen molar-refractivity contribution in [2.45, 2.75) is 12.6 Å². The fourth-order valence-electron chi connectivity index (χ4n) is 1.32. The third kappa shape index (κ3) is 1.97. The van der Waals surface area contributed by atoms with Crippen LogP contribution >= 0.6 is 0 Å². The molecule has 0 fully saturated rings. The minimum atomic E-state index is -0.0522. The highest BCUT2D eigenvalue weighted by Gasteiger charge is 2.06. The number of nitrogens with two attached hydrogens (primary N) is 1. The van der Waals surface area contributed by atoms with Crippen molar-refractivity contribution in [1.82, 2.24) is 15.0 Å². The van der Waals surface area contributed by atoms with Gasteiger partial charge in [0.15, 0.2) is 0 Å². The Morgan fingerprint density at radius 1 is 1.14 bits per heavy atom. The van der Waals surface area contributed by atoms with Crippen LogP contribution in [0.15, 0.2) is 42.7 Å². The van der Waals surface area contributed by atoms with Crippen molar-refractivity contribution in [2.75, 3.05) is 0 Å². The van der Waals surface area contributed by atoms with Crippen LogP contribution in [-0.4, -0.2) is 15.0 Å². The standard InChI is InChI=1S/C10H12N4/c11-10(8-14-12-6-7-13-14)9-4-2-1-3-5-9/h1-7,10H,8,11H2. The molecule has 1 aromatic carbocycles. The third-order valence-corrected chi connectivity index (χ3v) is 2.05. The normalized spacial score (nSPS) is 12.6. The first-order valence-electron chi connectivity index (χ1n) is 4.51. The van der Waals surface area contributed by atoms with Crippen LogP contribution in [0.25, 0.3) is 0 Å². The Labute approximate surface area is 82.4 Å². The SMILES string of the molecule is NC(Cn1nccn1)c1ccccc1. The quantitative estimate of drug-likeness (QED) is 0.781. The molecule has 0 radical (unpaired) electrons. The fourth-order valence-corrected chi connectivity index (χ4v) is 1.32. The number of aromatic nitrogens is 3. The van der Waals surface area contributed by atoms with Crippen LogP contribution in [0.5, 0.6) is 0 Å². The molecule has 0 saturated heterocycles. The van der Waals surface area contributed by atoms with Crippen molar-refractivity contribution in [2.24, 2.45) is 5.73 Å². The Kier molecular flexibility index (Phi) is 2.55. The number of rotatable bonds is 3. The Morgan fingerprint density at radius 3 is 2.43 bits per heavy atom. The zero-order valence-corrected chi connectivity index (χ0v) is 7.74. The molecule has 0 aliphatic carbocycles. The maximum absolute atomic E-state index is 5.99. The monoisotopic (exact) mass is 188 g/mol. The lowest BCUT2D eigenvalue weighted by atomic mass is 10.1. The van der Waals surface area contributed by atoms with Gasteiger partial charge < -0.3 is 5.73 Å². The molecule has 0 saturated carbocycles. The van der Waals surface area contributed by atoms with Crippen molar-refractivity contribution in [3.8, 4) is 0 Å². The Hall–Kier alpha value is -1.68. The molecule has 14 heavy (non-hydrogen) atoms. The summed E-state index contributed by atoms with van der Waals surface area (Å²) >= 11 is 0. The number of benzene rings is 1. The summed E-state index contributed by atoms with van der Waals surface area (Å²) in [6.45, 7) is 0.608. The van der Waals surface area contributed by atoms with Gasteiger partial charge in [-0.25, -0.2) is 0 Å². The number of hydrogen-bond donors (Lipinski definition) is 1. The second-order valence-corrected chi connectivity index (χ2v) is 3.10. The molecule has 1 aromatic heterocycles. The maximum atomic E-state index is 5.99. The van der Waals surface area contributed by atoms with Crippen LogP contribution in [0.4, 0.5) is 0 Å². The van der Waals surface area contributed by atoms with E-state index in [0.29, 0.717) is 6.54 Å². The van der Waals surface area contributed by atoms with Gasteiger partial charge in [-0.15, -0.1) is 0 Å². The van der Waals surface area contributed by atoms with Gasteiger partial charge in [0.2, 0.25) is 0 Å². The lowest BCUT2D eigenvalue weighted by Gasteiger charge is -2.10. The second kappa shape index (κ2) is 4.02.